The normalized spacial score (nSPS) is 12.4. The van der Waals surface area contributed by atoms with Gasteiger partial charge in [0.05, 0.1) is 12.2 Å². The molecule has 0 aliphatic rings. The van der Waals surface area contributed by atoms with Crippen molar-refractivity contribution in [2.45, 2.75) is 13.0 Å². The summed E-state index contributed by atoms with van der Waals surface area (Å²) in [4.78, 5) is 7.86. The zero-order valence-electron chi connectivity index (χ0n) is 8.92. The van der Waals surface area contributed by atoms with Crippen LogP contribution < -0.4 is 5.32 Å². The standard InChI is InChI=1S/C9H11ClN6/c1-6(9-15-13-5-16(9)2)14-8-7(10)3-11-4-12-8/h3-6H,1-2H3,(H,11,12,14). The molecule has 2 heterocycles. The van der Waals surface area contributed by atoms with E-state index in [4.69, 9.17) is 11.6 Å². The fourth-order valence-corrected chi connectivity index (χ4v) is 1.53. The molecule has 0 aromatic carbocycles. The van der Waals surface area contributed by atoms with Crippen molar-refractivity contribution in [3.63, 3.8) is 0 Å². The molecule has 0 radical (unpaired) electrons. The highest BCUT2D eigenvalue weighted by Gasteiger charge is 2.12. The summed E-state index contributed by atoms with van der Waals surface area (Å²) in [5, 5.41) is 11.4. The summed E-state index contributed by atoms with van der Waals surface area (Å²) in [6, 6.07) is -0.0279. The molecule has 84 valence electrons. The van der Waals surface area contributed by atoms with Crippen LogP contribution in [0.3, 0.4) is 0 Å². The predicted molar refractivity (Wildman–Crippen MR) is 60.1 cm³/mol. The van der Waals surface area contributed by atoms with Crippen molar-refractivity contribution in [2.24, 2.45) is 7.05 Å². The van der Waals surface area contributed by atoms with E-state index >= 15 is 0 Å². The minimum Gasteiger partial charge on any atom is -0.359 e. The summed E-state index contributed by atoms with van der Waals surface area (Å²) in [6.45, 7) is 1.96. The van der Waals surface area contributed by atoms with Gasteiger partial charge in [0, 0.05) is 7.05 Å². The Morgan fingerprint density at radius 3 is 2.94 bits per heavy atom. The minimum atomic E-state index is -0.0279. The van der Waals surface area contributed by atoms with Crippen LogP contribution in [-0.2, 0) is 7.05 Å². The molecule has 0 saturated carbocycles. The van der Waals surface area contributed by atoms with Gasteiger partial charge in [-0.05, 0) is 6.92 Å². The lowest BCUT2D eigenvalue weighted by molar-refractivity contribution is 0.716. The number of aromatic nitrogens is 5. The molecule has 6 nitrogen and oxygen atoms in total. The third-order valence-electron chi connectivity index (χ3n) is 2.15. The monoisotopic (exact) mass is 238 g/mol. The number of hydrogen-bond acceptors (Lipinski definition) is 5. The summed E-state index contributed by atoms with van der Waals surface area (Å²) >= 11 is 5.94. The van der Waals surface area contributed by atoms with E-state index in [9.17, 15) is 0 Å². The molecule has 0 amide bonds. The van der Waals surface area contributed by atoms with E-state index in [0.717, 1.165) is 5.82 Å². The summed E-state index contributed by atoms with van der Waals surface area (Å²) in [5.74, 6) is 1.40. The quantitative estimate of drug-likeness (QED) is 0.876. The minimum absolute atomic E-state index is 0.0279. The Kier molecular flexibility index (Phi) is 3.00. The lowest BCUT2D eigenvalue weighted by Crippen LogP contribution is -2.13. The maximum absolute atomic E-state index is 5.94. The third kappa shape index (κ3) is 2.11. The Morgan fingerprint density at radius 2 is 2.31 bits per heavy atom. The largest absolute Gasteiger partial charge is 0.359 e. The molecule has 1 atom stereocenters. The predicted octanol–water partition coefficient (Wildman–Crippen LogP) is 1.43. The van der Waals surface area contributed by atoms with Gasteiger partial charge in [-0.2, -0.15) is 0 Å². The molecule has 7 heteroatoms. The van der Waals surface area contributed by atoms with Gasteiger partial charge in [-0.25, -0.2) is 9.97 Å². The van der Waals surface area contributed by atoms with Crippen molar-refractivity contribution in [3.05, 3.63) is 29.7 Å². The highest BCUT2D eigenvalue weighted by atomic mass is 35.5. The van der Waals surface area contributed by atoms with Gasteiger partial charge in [-0.15, -0.1) is 10.2 Å². The number of aryl methyl sites for hydroxylation is 1. The van der Waals surface area contributed by atoms with E-state index in [1.54, 1.807) is 12.5 Å². The summed E-state index contributed by atoms with van der Waals surface area (Å²) < 4.78 is 1.84. The van der Waals surface area contributed by atoms with Crippen molar-refractivity contribution in [1.82, 2.24) is 24.7 Å². The Labute approximate surface area is 97.7 Å². The van der Waals surface area contributed by atoms with Gasteiger partial charge in [0.15, 0.2) is 5.82 Å². The summed E-state index contributed by atoms with van der Waals surface area (Å²) in [6.07, 6.45) is 4.63. The Bertz CT molecular complexity index is 482. The lowest BCUT2D eigenvalue weighted by atomic mass is 10.3. The number of halogens is 1. The first-order valence-corrected chi connectivity index (χ1v) is 5.12. The van der Waals surface area contributed by atoms with Crippen molar-refractivity contribution < 1.29 is 0 Å². The molecular formula is C9H11ClN6. The van der Waals surface area contributed by atoms with Gasteiger partial charge in [0.25, 0.3) is 0 Å². The Hall–Kier alpha value is -1.69. The van der Waals surface area contributed by atoms with Crippen LogP contribution in [-0.4, -0.2) is 24.7 Å². The second-order valence-electron chi connectivity index (χ2n) is 3.39. The van der Waals surface area contributed by atoms with Crippen LogP contribution in [0, 0.1) is 0 Å². The lowest BCUT2D eigenvalue weighted by Gasteiger charge is -2.13. The molecule has 16 heavy (non-hydrogen) atoms. The highest BCUT2D eigenvalue weighted by Crippen LogP contribution is 2.21. The van der Waals surface area contributed by atoms with Crippen molar-refractivity contribution >= 4 is 17.4 Å². The Balaban J connectivity index is 2.17. The summed E-state index contributed by atoms with van der Waals surface area (Å²) in [5.41, 5.74) is 0. The molecule has 2 rings (SSSR count). The molecule has 0 fully saturated rings. The first-order chi connectivity index (χ1) is 7.68. The number of anilines is 1. The second-order valence-corrected chi connectivity index (χ2v) is 3.79. The molecule has 2 aromatic heterocycles. The molecule has 0 aliphatic heterocycles. The van der Waals surface area contributed by atoms with Crippen LogP contribution in [0.4, 0.5) is 5.82 Å². The van der Waals surface area contributed by atoms with E-state index in [-0.39, 0.29) is 6.04 Å². The van der Waals surface area contributed by atoms with E-state index in [0.29, 0.717) is 10.8 Å². The van der Waals surface area contributed by atoms with E-state index in [1.807, 2.05) is 18.5 Å². The number of rotatable bonds is 3. The molecule has 0 saturated heterocycles. The second kappa shape index (κ2) is 4.44. The molecule has 0 bridgehead atoms. The number of nitrogens with one attached hydrogen (secondary N) is 1. The van der Waals surface area contributed by atoms with Crippen molar-refractivity contribution in [2.75, 3.05) is 5.32 Å². The van der Waals surface area contributed by atoms with Crippen LogP contribution in [0.2, 0.25) is 5.02 Å². The fraction of sp³-hybridized carbons (Fsp3) is 0.333. The van der Waals surface area contributed by atoms with E-state index < -0.39 is 0 Å². The van der Waals surface area contributed by atoms with E-state index in [1.165, 1.54) is 6.33 Å². The smallest absolute Gasteiger partial charge is 0.154 e. The van der Waals surface area contributed by atoms with Gasteiger partial charge in [0.2, 0.25) is 0 Å². The molecular weight excluding hydrogens is 228 g/mol. The van der Waals surface area contributed by atoms with E-state index in [2.05, 4.69) is 25.5 Å². The van der Waals surface area contributed by atoms with Crippen LogP contribution in [0.15, 0.2) is 18.9 Å². The van der Waals surface area contributed by atoms with Crippen LogP contribution >= 0.6 is 11.6 Å². The molecule has 1 unspecified atom stereocenters. The van der Waals surface area contributed by atoms with Gasteiger partial charge >= 0.3 is 0 Å². The first-order valence-electron chi connectivity index (χ1n) is 4.74. The SMILES string of the molecule is CC(Nc1ncncc1Cl)c1nncn1C. The van der Waals surface area contributed by atoms with Gasteiger partial charge in [0.1, 0.15) is 23.5 Å². The third-order valence-corrected chi connectivity index (χ3v) is 2.43. The fourth-order valence-electron chi connectivity index (χ4n) is 1.37. The Morgan fingerprint density at radius 1 is 1.50 bits per heavy atom. The number of hydrogen-bond donors (Lipinski definition) is 1. The average molecular weight is 239 g/mol. The number of nitrogens with zero attached hydrogens (tertiary/aromatic N) is 5. The van der Waals surface area contributed by atoms with Crippen LogP contribution in [0.5, 0.6) is 0 Å². The summed E-state index contributed by atoms with van der Waals surface area (Å²) in [7, 11) is 1.88. The maximum atomic E-state index is 5.94. The maximum Gasteiger partial charge on any atom is 0.154 e. The van der Waals surface area contributed by atoms with Crippen molar-refractivity contribution in [1.29, 1.82) is 0 Å². The van der Waals surface area contributed by atoms with Gasteiger partial charge < -0.3 is 9.88 Å². The molecule has 0 spiro atoms. The highest BCUT2D eigenvalue weighted by molar-refractivity contribution is 6.32. The van der Waals surface area contributed by atoms with Crippen LogP contribution in [0.25, 0.3) is 0 Å². The van der Waals surface area contributed by atoms with Gasteiger partial charge in [-0.1, -0.05) is 11.6 Å². The molecule has 2 aromatic rings. The first kappa shape index (κ1) is 10.8. The zero-order chi connectivity index (χ0) is 11.5. The average Bonchev–Trinajstić information content (AvgIpc) is 2.68. The topological polar surface area (TPSA) is 68.5 Å². The molecule has 0 aliphatic carbocycles. The van der Waals surface area contributed by atoms with Crippen LogP contribution in [0.1, 0.15) is 18.8 Å². The van der Waals surface area contributed by atoms with Gasteiger partial charge in [-0.3, -0.25) is 0 Å². The molecule has 1 N–H and O–H groups in total. The zero-order valence-corrected chi connectivity index (χ0v) is 9.68. The van der Waals surface area contributed by atoms with Crippen molar-refractivity contribution in [3.8, 4) is 0 Å².